The van der Waals surface area contributed by atoms with Crippen molar-refractivity contribution in [3.63, 3.8) is 0 Å². The lowest BCUT2D eigenvalue weighted by molar-refractivity contribution is -0.121. The Morgan fingerprint density at radius 2 is 1.79 bits per heavy atom. The zero-order valence-corrected chi connectivity index (χ0v) is 9.60. The molecular formula is C11H22N2O. The fraction of sp³-hybridized carbons (Fsp3) is 0.818. The number of hydrogen-bond donors (Lipinski definition) is 1. The standard InChI is InChI=1S/C11H22N2O/c1-4-7-8-9-11(14)13-12-10(5-2)6-3/h4-9H2,1-3H3,(H,13,14). The first-order valence-electron chi connectivity index (χ1n) is 5.58. The Hall–Kier alpha value is -0.860. The summed E-state index contributed by atoms with van der Waals surface area (Å²) in [4.78, 5) is 11.2. The molecule has 0 saturated heterocycles. The average Bonchev–Trinajstić information content (AvgIpc) is 2.20. The van der Waals surface area contributed by atoms with E-state index < -0.39 is 0 Å². The largest absolute Gasteiger partial charge is 0.273 e. The third kappa shape index (κ3) is 6.63. The van der Waals surface area contributed by atoms with E-state index in [2.05, 4.69) is 17.5 Å². The SMILES string of the molecule is CCCCCC(=O)NN=C(CC)CC. The Morgan fingerprint density at radius 3 is 2.29 bits per heavy atom. The summed E-state index contributed by atoms with van der Waals surface area (Å²) < 4.78 is 0. The predicted molar refractivity (Wildman–Crippen MR) is 60.3 cm³/mol. The van der Waals surface area contributed by atoms with Crippen LogP contribution in [0.2, 0.25) is 0 Å². The van der Waals surface area contributed by atoms with E-state index in [1.54, 1.807) is 0 Å². The Kier molecular flexibility index (Phi) is 8.19. The Morgan fingerprint density at radius 1 is 1.14 bits per heavy atom. The highest BCUT2D eigenvalue weighted by molar-refractivity contribution is 5.85. The molecule has 3 heteroatoms. The van der Waals surface area contributed by atoms with Gasteiger partial charge < -0.3 is 0 Å². The van der Waals surface area contributed by atoms with Gasteiger partial charge in [0.25, 0.3) is 0 Å². The highest BCUT2D eigenvalue weighted by atomic mass is 16.2. The summed E-state index contributed by atoms with van der Waals surface area (Å²) in [6, 6.07) is 0. The molecule has 14 heavy (non-hydrogen) atoms. The number of hydrazone groups is 1. The molecule has 0 heterocycles. The molecule has 0 aliphatic heterocycles. The van der Waals surface area contributed by atoms with Gasteiger partial charge in [0, 0.05) is 12.1 Å². The Labute approximate surface area is 87.0 Å². The van der Waals surface area contributed by atoms with Crippen LogP contribution in [0.5, 0.6) is 0 Å². The van der Waals surface area contributed by atoms with Crippen LogP contribution in [0, 0.1) is 0 Å². The molecule has 3 nitrogen and oxygen atoms in total. The quantitative estimate of drug-likeness (QED) is 0.381. The maximum absolute atomic E-state index is 11.2. The second kappa shape index (κ2) is 8.73. The maximum Gasteiger partial charge on any atom is 0.240 e. The van der Waals surface area contributed by atoms with Crippen LogP contribution in [-0.4, -0.2) is 11.6 Å². The van der Waals surface area contributed by atoms with Gasteiger partial charge in [-0.05, 0) is 19.3 Å². The van der Waals surface area contributed by atoms with E-state index in [9.17, 15) is 4.79 Å². The number of carbonyl (C=O) groups is 1. The van der Waals surface area contributed by atoms with Crippen molar-refractivity contribution in [1.29, 1.82) is 0 Å². The Balaban J connectivity index is 3.66. The lowest BCUT2D eigenvalue weighted by Gasteiger charge is -2.01. The summed E-state index contributed by atoms with van der Waals surface area (Å²) in [5, 5.41) is 4.06. The summed E-state index contributed by atoms with van der Waals surface area (Å²) in [6.45, 7) is 6.22. The van der Waals surface area contributed by atoms with Crippen LogP contribution >= 0.6 is 0 Å². The number of rotatable bonds is 7. The Bertz CT molecular complexity index is 182. The van der Waals surface area contributed by atoms with Crippen molar-refractivity contribution < 1.29 is 4.79 Å². The number of carbonyl (C=O) groups excluding carboxylic acids is 1. The normalized spacial score (nSPS) is 9.64. The van der Waals surface area contributed by atoms with Crippen molar-refractivity contribution >= 4 is 11.6 Å². The van der Waals surface area contributed by atoms with E-state index in [4.69, 9.17) is 0 Å². The molecule has 0 radical (unpaired) electrons. The molecule has 0 aromatic heterocycles. The molecular weight excluding hydrogens is 176 g/mol. The van der Waals surface area contributed by atoms with Gasteiger partial charge >= 0.3 is 0 Å². The van der Waals surface area contributed by atoms with Crippen LogP contribution in [0.3, 0.4) is 0 Å². The molecule has 0 bridgehead atoms. The van der Waals surface area contributed by atoms with Gasteiger partial charge in [-0.1, -0.05) is 33.6 Å². The van der Waals surface area contributed by atoms with Crippen LogP contribution in [-0.2, 0) is 4.79 Å². The average molecular weight is 198 g/mol. The van der Waals surface area contributed by atoms with Crippen LogP contribution in [0.25, 0.3) is 0 Å². The van der Waals surface area contributed by atoms with E-state index >= 15 is 0 Å². The van der Waals surface area contributed by atoms with Crippen LogP contribution in [0.1, 0.15) is 59.3 Å². The third-order valence-corrected chi connectivity index (χ3v) is 2.16. The molecule has 0 aromatic carbocycles. The maximum atomic E-state index is 11.2. The van der Waals surface area contributed by atoms with Crippen molar-refractivity contribution in [1.82, 2.24) is 5.43 Å². The van der Waals surface area contributed by atoms with Crippen molar-refractivity contribution in [2.24, 2.45) is 5.10 Å². The summed E-state index contributed by atoms with van der Waals surface area (Å²) in [5.74, 6) is 0.0397. The molecule has 0 rings (SSSR count). The molecule has 1 N–H and O–H groups in total. The number of amides is 1. The third-order valence-electron chi connectivity index (χ3n) is 2.16. The molecule has 0 aromatic rings. The number of nitrogens with one attached hydrogen (secondary N) is 1. The summed E-state index contributed by atoms with van der Waals surface area (Å²) in [7, 11) is 0. The van der Waals surface area contributed by atoms with Gasteiger partial charge in [0.2, 0.25) is 5.91 Å². The van der Waals surface area contributed by atoms with E-state index in [1.165, 1.54) is 0 Å². The minimum absolute atomic E-state index is 0.0397. The van der Waals surface area contributed by atoms with Gasteiger partial charge in [-0.15, -0.1) is 0 Å². The van der Waals surface area contributed by atoms with Crippen molar-refractivity contribution in [3.05, 3.63) is 0 Å². The van der Waals surface area contributed by atoms with Gasteiger partial charge in [0.05, 0.1) is 0 Å². The molecule has 0 aliphatic rings. The smallest absolute Gasteiger partial charge is 0.240 e. The molecule has 0 aliphatic carbocycles. The second-order valence-electron chi connectivity index (χ2n) is 3.38. The van der Waals surface area contributed by atoms with E-state index in [0.717, 1.165) is 37.8 Å². The van der Waals surface area contributed by atoms with Crippen molar-refractivity contribution in [2.75, 3.05) is 0 Å². The molecule has 0 fully saturated rings. The van der Waals surface area contributed by atoms with E-state index in [1.807, 2.05) is 13.8 Å². The highest BCUT2D eigenvalue weighted by Gasteiger charge is 1.99. The first-order valence-corrected chi connectivity index (χ1v) is 5.58. The van der Waals surface area contributed by atoms with Gasteiger partial charge in [0.1, 0.15) is 0 Å². The molecule has 0 unspecified atom stereocenters. The number of nitrogens with zero attached hydrogens (tertiary/aromatic N) is 1. The molecule has 82 valence electrons. The van der Waals surface area contributed by atoms with Gasteiger partial charge in [-0.3, -0.25) is 4.79 Å². The summed E-state index contributed by atoms with van der Waals surface area (Å²) >= 11 is 0. The van der Waals surface area contributed by atoms with Gasteiger partial charge in [0.15, 0.2) is 0 Å². The van der Waals surface area contributed by atoms with E-state index in [0.29, 0.717) is 6.42 Å². The fourth-order valence-corrected chi connectivity index (χ4v) is 1.14. The first kappa shape index (κ1) is 13.1. The van der Waals surface area contributed by atoms with Crippen LogP contribution in [0.15, 0.2) is 5.10 Å². The topological polar surface area (TPSA) is 41.5 Å². The first-order chi connectivity index (χ1) is 6.74. The van der Waals surface area contributed by atoms with E-state index in [-0.39, 0.29) is 5.91 Å². The second-order valence-corrected chi connectivity index (χ2v) is 3.38. The van der Waals surface area contributed by atoms with Crippen molar-refractivity contribution in [3.8, 4) is 0 Å². The molecule has 1 amide bonds. The zero-order chi connectivity index (χ0) is 10.8. The van der Waals surface area contributed by atoms with Crippen molar-refractivity contribution in [2.45, 2.75) is 59.3 Å². The lowest BCUT2D eigenvalue weighted by atomic mass is 10.2. The summed E-state index contributed by atoms with van der Waals surface area (Å²) in [6.07, 6.45) is 5.64. The van der Waals surface area contributed by atoms with Gasteiger partial charge in [-0.2, -0.15) is 5.10 Å². The van der Waals surface area contributed by atoms with Gasteiger partial charge in [-0.25, -0.2) is 5.43 Å². The summed E-state index contributed by atoms with van der Waals surface area (Å²) in [5.41, 5.74) is 3.64. The minimum Gasteiger partial charge on any atom is -0.273 e. The molecule has 0 saturated carbocycles. The molecule has 0 spiro atoms. The highest BCUT2D eigenvalue weighted by Crippen LogP contribution is 1.98. The minimum atomic E-state index is 0.0397. The molecule has 0 atom stereocenters. The van der Waals surface area contributed by atoms with Crippen LogP contribution < -0.4 is 5.43 Å². The number of unbranched alkanes of at least 4 members (excludes halogenated alkanes) is 2. The number of hydrogen-bond acceptors (Lipinski definition) is 2. The fourth-order valence-electron chi connectivity index (χ4n) is 1.14. The monoisotopic (exact) mass is 198 g/mol. The zero-order valence-electron chi connectivity index (χ0n) is 9.60. The lowest BCUT2D eigenvalue weighted by Crippen LogP contribution is -2.18. The predicted octanol–water partition coefficient (Wildman–Crippen LogP) is 2.86. The van der Waals surface area contributed by atoms with Crippen LogP contribution in [0.4, 0.5) is 0 Å².